The van der Waals surface area contributed by atoms with Crippen molar-refractivity contribution in [2.75, 3.05) is 0 Å². The topological polar surface area (TPSA) is 119 Å². The molecule has 33 heavy (non-hydrogen) atoms. The molecule has 11 heteroatoms. The first kappa shape index (κ1) is 20.2. The van der Waals surface area contributed by atoms with Crippen molar-refractivity contribution in [2.45, 2.75) is 6.54 Å². The third-order valence-corrected chi connectivity index (χ3v) is 5.02. The van der Waals surface area contributed by atoms with Crippen molar-refractivity contribution in [3.8, 4) is 23.0 Å². The number of carboxylic acid groups (broad SMARTS) is 1. The minimum absolute atomic E-state index is 0.00600. The molecule has 0 bridgehead atoms. The number of hydrogen-bond acceptors (Lipinski definition) is 6. The normalized spacial score (nSPS) is 11.2. The Balaban J connectivity index is 1.43. The van der Waals surface area contributed by atoms with Gasteiger partial charge in [-0.15, -0.1) is 0 Å². The van der Waals surface area contributed by atoms with E-state index in [2.05, 4.69) is 20.2 Å². The third kappa shape index (κ3) is 3.76. The Bertz CT molecular complexity index is 1510. The van der Waals surface area contributed by atoms with E-state index in [1.807, 2.05) is 0 Å². The maximum absolute atomic E-state index is 14.0. The van der Waals surface area contributed by atoms with Crippen molar-refractivity contribution in [3.05, 3.63) is 83.8 Å². The molecule has 0 spiro atoms. The Kier molecular flexibility index (Phi) is 4.78. The molecule has 164 valence electrons. The summed E-state index contributed by atoms with van der Waals surface area (Å²) in [6, 6.07) is 10.1. The molecule has 2 N–H and O–H groups in total. The second kappa shape index (κ2) is 7.79. The van der Waals surface area contributed by atoms with E-state index < -0.39 is 17.6 Å². The fourth-order valence-electron chi connectivity index (χ4n) is 3.41. The van der Waals surface area contributed by atoms with Crippen LogP contribution in [0.15, 0.2) is 61.1 Å². The van der Waals surface area contributed by atoms with Gasteiger partial charge in [-0.1, -0.05) is 24.3 Å². The van der Waals surface area contributed by atoms with Gasteiger partial charge in [-0.3, -0.25) is 4.68 Å². The molecule has 0 saturated heterocycles. The molecule has 5 aromatic rings. The molecule has 0 atom stereocenters. The summed E-state index contributed by atoms with van der Waals surface area (Å²) in [5, 5.41) is 27.7. The zero-order valence-electron chi connectivity index (χ0n) is 16.7. The number of aromatic hydroxyl groups is 1. The number of benzene rings is 2. The van der Waals surface area contributed by atoms with Crippen LogP contribution in [0.3, 0.4) is 0 Å². The number of fused-ring (bicyclic) bond motifs is 1. The lowest BCUT2D eigenvalue weighted by Crippen LogP contribution is -2.05. The van der Waals surface area contributed by atoms with E-state index in [9.17, 15) is 18.7 Å². The summed E-state index contributed by atoms with van der Waals surface area (Å²) in [6.45, 7) is 0.261. The van der Waals surface area contributed by atoms with Gasteiger partial charge in [0.1, 0.15) is 22.7 Å². The van der Waals surface area contributed by atoms with Gasteiger partial charge in [-0.25, -0.2) is 23.2 Å². The van der Waals surface area contributed by atoms with Crippen LogP contribution in [0.1, 0.15) is 15.9 Å². The van der Waals surface area contributed by atoms with Gasteiger partial charge in [0.2, 0.25) is 5.88 Å². The van der Waals surface area contributed by atoms with Crippen LogP contribution in [0.4, 0.5) is 8.78 Å². The highest BCUT2D eigenvalue weighted by atomic mass is 19.1. The smallest absolute Gasteiger partial charge is 0.338 e. The number of carbonyl (C=O) groups is 1. The molecular weight excluding hydrogens is 434 g/mol. The maximum Gasteiger partial charge on any atom is 0.338 e. The molecule has 2 aromatic carbocycles. The Labute approximate surface area is 184 Å². The zero-order chi connectivity index (χ0) is 23.1. The van der Waals surface area contributed by atoms with Crippen molar-refractivity contribution in [3.63, 3.8) is 0 Å². The molecule has 0 saturated carbocycles. The number of aromatic carboxylic acids is 1. The van der Waals surface area contributed by atoms with Gasteiger partial charge < -0.3 is 10.2 Å². The van der Waals surface area contributed by atoms with Gasteiger partial charge in [-0.05, 0) is 29.3 Å². The Morgan fingerprint density at radius 1 is 1.00 bits per heavy atom. The molecule has 0 radical (unpaired) electrons. The fraction of sp³-hybridized carbons (Fsp3) is 0.0455. The van der Waals surface area contributed by atoms with Crippen LogP contribution >= 0.6 is 0 Å². The van der Waals surface area contributed by atoms with Crippen LogP contribution in [-0.4, -0.2) is 45.7 Å². The van der Waals surface area contributed by atoms with E-state index in [1.165, 1.54) is 17.1 Å². The lowest BCUT2D eigenvalue weighted by atomic mass is 10.0. The molecule has 0 amide bonds. The summed E-state index contributed by atoms with van der Waals surface area (Å²) in [5.74, 6) is -2.55. The molecule has 0 fully saturated rings. The van der Waals surface area contributed by atoms with Gasteiger partial charge in [0.25, 0.3) is 5.95 Å². The zero-order valence-corrected chi connectivity index (χ0v) is 16.7. The number of halogens is 2. The second-order valence-electron chi connectivity index (χ2n) is 7.18. The average Bonchev–Trinajstić information content (AvgIpc) is 3.44. The largest absolute Gasteiger partial charge is 0.492 e. The molecule has 0 aliphatic carbocycles. The lowest BCUT2D eigenvalue weighted by molar-refractivity contribution is 0.0697. The third-order valence-electron chi connectivity index (χ3n) is 5.02. The first-order chi connectivity index (χ1) is 15.9. The number of nitrogens with zero attached hydrogens (tertiary/aromatic N) is 6. The summed E-state index contributed by atoms with van der Waals surface area (Å²) in [4.78, 5) is 19.3. The van der Waals surface area contributed by atoms with Crippen LogP contribution in [-0.2, 0) is 6.54 Å². The summed E-state index contributed by atoms with van der Waals surface area (Å²) in [7, 11) is 0. The Morgan fingerprint density at radius 2 is 1.79 bits per heavy atom. The predicted octanol–water partition coefficient (Wildman–Crippen LogP) is 3.41. The SMILES string of the molecule is O=C(O)c1cnn(-c2nc(O)c3c(cnn3Cc3ccc(-c4cc(F)ccc4F)cc3)n2)c1. The van der Waals surface area contributed by atoms with Gasteiger partial charge >= 0.3 is 5.97 Å². The molecule has 5 rings (SSSR count). The molecule has 3 aromatic heterocycles. The van der Waals surface area contributed by atoms with Crippen LogP contribution in [0.5, 0.6) is 5.88 Å². The fourth-order valence-corrected chi connectivity index (χ4v) is 3.41. The maximum atomic E-state index is 14.0. The van der Waals surface area contributed by atoms with E-state index in [1.54, 1.807) is 24.3 Å². The minimum Gasteiger partial charge on any atom is -0.492 e. The van der Waals surface area contributed by atoms with E-state index in [0.29, 0.717) is 11.1 Å². The Morgan fingerprint density at radius 3 is 2.52 bits per heavy atom. The van der Waals surface area contributed by atoms with Gasteiger partial charge in [-0.2, -0.15) is 15.2 Å². The van der Waals surface area contributed by atoms with Gasteiger partial charge in [0.15, 0.2) is 0 Å². The van der Waals surface area contributed by atoms with E-state index in [4.69, 9.17) is 5.11 Å². The summed E-state index contributed by atoms with van der Waals surface area (Å²) in [5.41, 5.74) is 2.05. The molecular formula is C22H14F2N6O3. The molecule has 0 unspecified atom stereocenters. The van der Waals surface area contributed by atoms with Crippen molar-refractivity contribution in [1.82, 2.24) is 29.5 Å². The molecule has 0 aliphatic rings. The van der Waals surface area contributed by atoms with Crippen molar-refractivity contribution < 1.29 is 23.8 Å². The minimum atomic E-state index is -1.15. The predicted molar refractivity (Wildman–Crippen MR) is 112 cm³/mol. The first-order valence-electron chi connectivity index (χ1n) is 9.64. The van der Waals surface area contributed by atoms with E-state index in [0.717, 1.165) is 34.6 Å². The average molecular weight is 448 g/mol. The van der Waals surface area contributed by atoms with Gasteiger partial charge in [0, 0.05) is 11.8 Å². The Hall–Kier alpha value is -4.67. The number of rotatable bonds is 5. The quantitative estimate of drug-likeness (QED) is 0.423. The highest BCUT2D eigenvalue weighted by Gasteiger charge is 2.16. The molecule has 3 heterocycles. The van der Waals surface area contributed by atoms with Crippen molar-refractivity contribution in [1.29, 1.82) is 0 Å². The molecule has 0 aliphatic heterocycles. The molecule has 9 nitrogen and oxygen atoms in total. The van der Waals surface area contributed by atoms with E-state index in [-0.39, 0.29) is 35.0 Å². The van der Waals surface area contributed by atoms with Crippen LogP contribution in [0.2, 0.25) is 0 Å². The summed E-state index contributed by atoms with van der Waals surface area (Å²) >= 11 is 0. The van der Waals surface area contributed by atoms with Crippen LogP contribution in [0.25, 0.3) is 28.1 Å². The highest BCUT2D eigenvalue weighted by molar-refractivity contribution is 5.87. The summed E-state index contributed by atoms with van der Waals surface area (Å²) < 4.78 is 30.1. The standard InChI is InChI=1S/C22H14F2N6O3/c23-15-5-6-17(24)16(7-15)13-3-1-12(2-4-13)10-29-19-18(9-26-29)27-22(28-20(19)31)30-11-14(8-25-30)21(32)33/h1-9,11H,10H2,(H,32,33)(H,27,28,31). The monoisotopic (exact) mass is 448 g/mol. The first-order valence-corrected chi connectivity index (χ1v) is 9.64. The van der Waals surface area contributed by atoms with Crippen molar-refractivity contribution >= 4 is 17.0 Å². The van der Waals surface area contributed by atoms with E-state index >= 15 is 0 Å². The lowest BCUT2D eigenvalue weighted by Gasteiger charge is -2.08. The van der Waals surface area contributed by atoms with Crippen molar-refractivity contribution in [2.24, 2.45) is 0 Å². The second-order valence-corrected chi connectivity index (χ2v) is 7.18. The van der Waals surface area contributed by atoms with Gasteiger partial charge in [0.05, 0.1) is 24.5 Å². The van der Waals surface area contributed by atoms with Crippen LogP contribution < -0.4 is 0 Å². The highest BCUT2D eigenvalue weighted by Crippen LogP contribution is 2.26. The van der Waals surface area contributed by atoms with Crippen LogP contribution in [0, 0.1) is 11.6 Å². The number of carboxylic acids is 1. The number of hydrogen-bond donors (Lipinski definition) is 2. The number of aromatic nitrogens is 6. The summed E-state index contributed by atoms with van der Waals surface area (Å²) in [6.07, 6.45) is 3.82.